The minimum Gasteiger partial charge on any atom is -0.352 e. The summed E-state index contributed by atoms with van der Waals surface area (Å²) in [6.45, 7) is 11.4. The smallest absolute Gasteiger partial charge is 0.189 e. The van der Waals surface area contributed by atoms with E-state index in [9.17, 15) is 4.39 Å². The van der Waals surface area contributed by atoms with Gasteiger partial charge in [-0.3, -0.25) is 0 Å². The highest BCUT2D eigenvalue weighted by molar-refractivity contribution is 5.13. The first-order valence-electron chi connectivity index (χ1n) is 6.00. The van der Waals surface area contributed by atoms with Crippen molar-refractivity contribution >= 4 is 0 Å². The van der Waals surface area contributed by atoms with Crippen molar-refractivity contribution in [1.82, 2.24) is 4.90 Å². The summed E-state index contributed by atoms with van der Waals surface area (Å²) in [6.07, 6.45) is 5.40. The summed E-state index contributed by atoms with van der Waals surface area (Å²) in [5, 5.41) is 0. The van der Waals surface area contributed by atoms with Gasteiger partial charge in [0.1, 0.15) is 0 Å². The van der Waals surface area contributed by atoms with E-state index in [0.717, 1.165) is 19.4 Å². The third-order valence-electron chi connectivity index (χ3n) is 2.24. The molecule has 0 aromatic rings. The van der Waals surface area contributed by atoms with Gasteiger partial charge in [0.2, 0.25) is 0 Å². The summed E-state index contributed by atoms with van der Waals surface area (Å²) >= 11 is 0. The Bertz CT molecular complexity index is 258. The Morgan fingerprint density at radius 3 is 2.25 bits per heavy atom. The zero-order valence-electron chi connectivity index (χ0n) is 11.6. The van der Waals surface area contributed by atoms with Crippen LogP contribution in [-0.2, 0) is 0 Å². The Labute approximate surface area is 100 Å². The summed E-state index contributed by atoms with van der Waals surface area (Å²) in [5.74, 6) is -0.157. The number of nitrogens with zero attached hydrogens (tertiary/aromatic N) is 1. The molecule has 0 saturated carbocycles. The van der Waals surface area contributed by atoms with E-state index in [1.54, 1.807) is 18.0 Å². The van der Waals surface area contributed by atoms with E-state index in [2.05, 4.69) is 27.7 Å². The number of allylic oxidation sites excluding steroid dienone is 3. The van der Waals surface area contributed by atoms with Crippen molar-refractivity contribution in [2.45, 2.75) is 47.5 Å². The maximum Gasteiger partial charge on any atom is 0.189 e. The lowest BCUT2D eigenvalue weighted by Crippen LogP contribution is -2.15. The van der Waals surface area contributed by atoms with Crippen molar-refractivity contribution in [3.05, 3.63) is 23.7 Å². The highest BCUT2D eigenvalue weighted by Crippen LogP contribution is 2.23. The summed E-state index contributed by atoms with van der Waals surface area (Å²) in [7, 11) is 1.78. The number of hydrogen-bond donors (Lipinski definition) is 0. The van der Waals surface area contributed by atoms with Crippen LogP contribution in [-0.4, -0.2) is 18.5 Å². The molecular weight excluding hydrogens is 201 g/mol. The van der Waals surface area contributed by atoms with Crippen LogP contribution in [0.2, 0.25) is 0 Å². The van der Waals surface area contributed by atoms with Crippen LogP contribution in [0.3, 0.4) is 0 Å². The number of halogens is 1. The van der Waals surface area contributed by atoms with Crippen molar-refractivity contribution in [3.63, 3.8) is 0 Å². The predicted molar refractivity (Wildman–Crippen MR) is 69.9 cm³/mol. The zero-order valence-corrected chi connectivity index (χ0v) is 11.6. The maximum atomic E-state index is 13.5. The molecule has 0 spiro atoms. The van der Waals surface area contributed by atoms with Crippen molar-refractivity contribution in [2.24, 2.45) is 5.41 Å². The third-order valence-corrected chi connectivity index (χ3v) is 2.24. The monoisotopic (exact) mass is 227 g/mol. The van der Waals surface area contributed by atoms with Gasteiger partial charge in [0.25, 0.3) is 0 Å². The largest absolute Gasteiger partial charge is 0.352 e. The molecule has 0 saturated heterocycles. The summed E-state index contributed by atoms with van der Waals surface area (Å²) in [4.78, 5) is 1.64. The van der Waals surface area contributed by atoms with Crippen molar-refractivity contribution in [1.29, 1.82) is 0 Å². The van der Waals surface area contributed by atoms with Crippen LogP contribution in [0.5, 0.6) is 0 Å². The molecule has 0 aliphatic rings. The fourth-order valence-corrected chi connectivity index (χ4v) is 1.68. The highest BCUT2D eigenvalue weighted by atomic mass is 19.1. The maximum absolute atomic E-state index is 13.5. The molecule has 0 atom stereocenters. The van der Waals surface area contributed by atoms with Gasteiger partial charge in [0.05, 0.1) is 0 Å². The van der Waals surface area contributed by atoms with Crippen LogP contribution in [0.4, 0.5) is 4.39 Å². The number of rotatable bonds is 5. The van der Waals surface area contributed by atoms with E-state index in [0.29, 0.717) is 0 Å². The lowest BCUT2D eigenvalue weighted by Gasteiger charge is -2.18. The molecule has 0 bridgehead atoms. The van der Waals surface area contributed by atoms with Gasteiger partial charge in [-0.25, -0.2) is 0 Å². The third kappa shape index (κ3) is 7.49. The lowest BCUT2D eigenvalue weighted by atomic mass is 9.88. The first-order valence-corrected chi connectivity index (χ1v) is 6.00. The first kappa shape index (κ1) is 15.2. The second-order valence-electron chi connectivity index (χ2n) is 5.66. The van der Waals surface area contributed by atoms with Crippen molar-refractivity contribution in [2.75, 3.05) is 13.6 Å². The Morgan fingerprint density at radius 1 is 1.25 bits per heavy atom. The van der Waals surface area contributed by atoms with Gasteiger partial charge >= 0.3 is 0 Å². The standard InChI is InChI=1S/C14H26FN/c1-7-10-16(6)13(15)9-8-12(2)11-14(3,4)5/h8-9H,7,10-11H2,1-6H3/b12-8-,13-9-. The molecule has 0 radical (unpaired) electrons. The molecule has 0 aliphatic heterocycles. The minimum absolute atomic E-state index is 0.157. The van der Waals surface area contributed by atoms with E-state index in [1.807, 2.05) is 13.0 Å². The van der Waals surface area contributed by atoms with Crippen LogP contribution < -0.4 is 0 Å². The molecule has 0 heterocycles. The van der Waals surface area contributed by atoms with Gasteiger partial charge in [0.15, 0.2) is 5.95 Å². The molecule has 0 aromatic heterocycles. The molecule has 0 aromatic carbocycles. The molecule has 0 rings (SSSR count). The Kier molecular flexibility index (Phi) is 6.39. The second-order valence-corrected chi connectivity index (χ2v) is 5.66. The minimum atomic E-state index is -0.157. The molecule has 94 valence electrons. The Balaban J connectivity index is 4.37. The van der Waals surface area contributed by atoms with Crippen LogP contribution in [0.1, 0.15) is 47.5 Å². The molecule has 0 aliphatic carbocycles. The molecule has 0 fully saturated rings. The van der Waals surface area contributed by atoms with Crippen LogP contribution in [0, 0.1) is 5.41 Å². The van der Waals surface area contributed by atoms with Crippen LogP contribution >= 0.6 is 0 Å². The van der Waals surface area contributed by atoms with Gasteiger partial charge in [-0.15, -0.1) is 0 Å². The normalized spacial score (nSPS) is 14.2. The summed E-state index contributed by atoms with van der Waals surface area (Å²) in [6, 6.07) is 0. The van der Waals surface area contributed by atoms with Gasteiger partial charge in [0, 0.05) is 13.6 Å². The zero-order chi connectivity index (χ0) is 12.8. The van der Waals surface area contributed by atoms with Gasteiger partial charge in [-0.05, 0) is 31.3 Å². The first-order chi connectivity index (χ1) is 7.26. The topological polar surface area (TPSA) is 3.24 Å². The molecule has 0 N–H and O–H groups in total. The fraction of sp³-hybridized carbons (Fsp3) is 0.714. The molecule has 0 amide bonds. The lowest BCUT2D eigenvalue weighted by molar-refractivity contribution is 0.319. The molecule has 0 unspecified atom stereocenters. The quantitative estimate of drug-likeness (QED) is 0.493. The second kappa shape index (κ2) is 6.72. The molecular formula is C14H26FN. The average molecular weight is 227 g/mol. The molecule has 2 heteroatoms. The predicted octanol–water partition coefficient (Wildman–Crippen LogP) is 4.52. The molecule has 16 heavy (non-hydrogen) atoms. The van der Waals surface area contributed by atoms with Gasteiger partial charge in [-0.2, -0.15) is 4.39 Å². The Morgan fingerprint density at radius 2 is 1.81 bits per heavy atom. The van der Waals surface area contributed by atoms with Crippen LogP contribution in [0.15, 0.2) is 23.7 Å². The fourth-order valence-electron chi connectivity index (χ4n) is 1.68. The highest BCUT2D eigenvalue weighted by Gasteiger charge is 2.10. The van der Waals surface area contributed by atoms with E-state index < -0.39 is 0 Å². The number of hydrogen-bond acceptors (Lipinski definition) is 1. The average Bonchev–Trinajstić information content (AvgIpc) is 2.11. The van der Waals surface area contributed by atoms with E-state index in [4.69, 9.17) is 0 Å². The van der Waals surface area contributed by atoms with Gasteiger partial charge < -0.3 is 4.90 Å². The molecule has 1 nitrogen and oxygen atoms in total. The van der Waals surface area contributed by atoms with Crippen molar-refractivity contribution < 1.29 is 4.39 Å². The van der Waals surface area contributed by atoms with E-state index in [1.165, 1.54) is 5.57 Å². The summed E-state index contributed by atoms with van der Waals surface area (Å²) in [5.41, 5.74) is 1.48. The van der Waals surface area contributed by atoms with E-state index in [-0.39, 0.29) is 11.4 Å². The van der Waals surface area contributed by atoms with Gasteiger partial charge in [-0.1, -0.05) is 39.3 Å². The van der Waals surface area contributed by atoms with E-state index >= 15 is 0 Å². The SMILES string of the molecule is CCCN(C)/C(F)=C\C=C(\C)CC(C)(C)C. The summed E-state index contributed by atoms with van der Waals surface area (Å²) < 4.78 is 13.5. The Hall–Kier alpha value is -0.790. The van der Waals surface area contributed by atoms with Crippen molar-refractivity contribution in [3.8, 4) is 0 Å². The van der Waals surface area contributed by atoms with Crippen LogP contribution in [0.25, 0.3) is 0 Å².